The van der Waals surface area contributed by atoms with Crippen molar-refractivity contribution >= 4 is 50.3 Å². The minimum atomic E-state index is -0.512. The molecule has 2 aromatic rings. The summed E-state index contributed by atoms with van der Waals surface area (Å²) in [7, 11) is 0. The van der Waals surface area contributed by atoms with E-state index in [4.69, 9.17) is 0 Å². The van der Waals surface area contributed by atoms with Gasteiger partial charge in [0.2, 0.25) is 0 Å². The summed E-state index contributed by atoms with van der Waals surface area (Å²) in [6, 6.07) is 14.6. The quantitative estimate of drug-likeness (QED) is 0.568. The molecule has 0 radical (unpaired) electrons. The minimum Gasteiger partial charge on any atom is -0.245 e. The van der Waals surface area contributed by atoms with E-state index in [9.17, 15) is 4.79 Å². The van der Waals surface area contributed by atoms with Crippen LogP contribution in [0.4, 0.5) is 4.79 Å². The minimum absolute atomic E-state index is 0.512. The van der Waals surface area contributed by atoms with Crippen LogP contribution in [0, 0.1) is 0 Å². The zero-order valence-corrected chi connectivity index (χ0v) is 14.5. The molecule has 2 aromatic carbocycles. The molecule has 0 unspecified atom stereocenters. The molecule has 0 aliphatic heterocycles. The summed E-state index contributed by atoms with van der Waals surface area (Å²) in [5.41, 5.74) is 6.41. The van der Waals surface area contributed by atoms with Gasteiger partial charge in [0.05, 0.1) is 12.4 Å². The Labute approximate surface area is 144 Å². The summed E-state index contributed by atoms with van der Waals surface area (Å²) in [6.45, 7) is 0. The predicted molar refractivity (Wildman–Crippen MR) is 95.1 cm³/mol. The highest BCUT2D eigenvalue weighted by Crippen LogP contribution is 2.09. The molecule has 7 heteroatoms. The number of carbonyl (C=O) groups excluding carboxylic acids is 1. The van der Waals surface area contributed by atoms with Gasteiger partial charge in [0.15, 0.2) is 0 Å². The lowest BCUT2D eigenvalue weighted by molar-refractivity contribution is 0.242. The van der Waals surface area contributed by atoms with E-state index in [0.29, 0.717) is 0 Å². The van der Waals surface area contributed by atoms with Crippen LogP contribution in [-0.2, 0) is 0 Å². The van der Waals surface area contributed by atoms with Gasteiger partial charge in [-0.2, -0.15) is 10.2 Å². The molecule has 2 N–H and O–H groups in total. The summed E-state index contributed by atoms with van der Waals surface area (Å²) in [5.74, 6) is 0. The Bertz CT molecular complexity index is 622. The molecular weight excluding hydrogens is 412 g/mol. The van der Waals surface area contributed by atoms with Gasteiger partial charge in [-0.25, -0.2) is 15.6 Å². The summed E-state index contributed by atoms with van der Waals surface area (Å²) >= 11 is 6.69. The van der Waals surface area contributed by atoms with Gasteiger partial charge < -0.3 is 0 Å². The Hall–Kier alpha value is -1.99. The van der Waals surface area contributed by atoms with E-state index in [1.54, 1.807) is 12.4 Å². The number of benzene rings is 2. The molecule has 2 amide bonds. The highest BCUT2D eigenvalue weighted by molar-refractivity contribution is 9.10. The highest BCUT2D eigenvalue weighted by Gasteiger charge is 1.94. The molecule has 0 heterocycles. The first kappa shape index (κ1) is 16.4. The molecule has 0 aliphatic carbocycles. The first-order valence-electron chi connectivity index (χ1n) is 6.27. The first-order valence-corrected chi connectivity index (χ1v) is 7.85. The topological polar surface area (TPSA) is 65.8 Å². The smallest absolute Gasteiger partial charge is 0.245 e. The number of hydrogen-bond acceptors (Lipinski definition) is 3. The lowest BCUT2D eigenvalue weighted by Crippen LogP contribution is -2.28. The van der Waals surface area contributed by atoms with Crippen molar-refractivity contribution in [3.8, 4) is 0 Å². The number of amides is 2. The summed E-state index contributed by atoms with van der Waals surface area (Å²) in [4.78, 5) is 11.5. The van der Waals surface area contributed by atoms with E-state index < -0.39 is 6.03 Å². The van der Waals surface area contributed by atoms with E-state index in [1.165, 1.54) is 0 Å². The standard InChI is InChI=1S/C15H12Br2N4O/c16-13-5-1-11(2-6-13)9-18-20-15(22)21-19-10-12-3-7-14(17)8-4-12/h1-10H,(H2,20,21,22)/b18-9-,19-10+. The van der Waals surface area contributed by atoms with Crippen LogP contribution in [0.1, 0.15) is 11.1 Å². The number of carbonyl (C=O) groups is 1. The summed E-state index contributed by atoms with van der Waals surface area (Å²) < 4.78 is 1.97. The number of nitrogens with zero attached hydrogens (tertiary/aromatic N) is 2. The molecule has 112 valence electrons. The van der Waals surface area contributed by atoms with Crippen LogP contribution in [0.2, 0.25) is 0 Å². The van der Waals surface area contributed by atoms with Gasteiger partial charge in [0.25, 0.3) is 0 Å². The maximum atomic E-state index is 11.5. The van der Waals surface area contributed by atoms with Crippen molar-refractivity contribution < 1.29 is 4.79 Å². The van der Waals surface area contributed by atoms with Crippen LogP contribution in [0.15, 0.2) is 67.7 Å². The van der Waals surface area contributed by atoms with Crippen molar-refractivity contribution in [1.82, 2.24) is 10.9 Å². The summed E-state index contributed by atoms with van der Waals surface area (Å²) in [5, 5.41) is 7.65. The third-order valence-corrected chi connectivity index (χ3v) is 3.56. The third-order valence-electron chi connectivity index (χ3n) is 2.50. The van der Waals surface area contributed by atoms with Crippen molar-refractivity contribution in [1.29, 1.82) is 0 Å². The van der Waals surface area contributed by atoms with Crippen LogP contribution in [-0.4, -0.2) is 18.5 Å². The van der Waals surface area contributed by atoms with Crippen molar-refractivity contribution in [3.05, 3.63) is 68.6 Å². The Kier molecular flexibility index (Phi) is 6.29. The fourth-order valence-corrected chi connectivity index (χ4v) is 1.98. The molecular formula is C15H12Br2N4O. The molecule has 2 rings (SSSR count). The zero-order valence-electron chi connectivity index (χ0n) is 11.3. The normalized spacial score (nSPS) is 11.0. The number of hydrazone groups is 2. The Balaban J connectivity index is 1.78. The monoisotopic (exact) mass is 422 g/mol. The van der Waals surface area contributed by atoms with E-state index in [1.807, 2.05) is 48.5 Å². The molecule has 0 saturated carbocycles. The van der Waals surface area contributed by atoms with Gasteiger partial charge in [0.1, 0.15) is 0 Å². The Morgan fingerprint density at radius 2 is 1.14 bits per heavy atom. The number of hydrogen-bond donors (Lipinski definition) is 2. The van der Waals surface area contributed by atoms with E-state index in [0.717, 1.165) is 20.1 Å². The average molecular weight is 424 g/mol. The van der Waals surface area contributed by atoms with Crippen molar-refractivity contribution in [2.75, 3.05) is 0 Å². The second-order valence-electron chi connectivity index (χ2n) is 4.17. The third kappa shape index (κ3) is 5.79. The zero-order chi connectivity index (χ0) is 15.8. The molecule has 0 saturated heterocycles. The van der Waals surface area contributed by atoms with E-state index >= 15 is 0 Å². The lowest BCUT2D eigenvalue weighted by atomic mass is 10.2. The van der Waals surface area contributed by atoms with Gasteiger partial charge in [-0.3, -0.25) is 0 Å². The van der Waals surface area contributed by atoms with Gasteiger partial charge in [-0.05, 0) is 35.4 Å². The lowest BCUT2D eigenvalue weighted by Gasteiger charge is -1.98. The average Bonchev–Trinajstić information content (AvgIpc) is 2.51. The van der Waals surface area contributed by atoms with Gasteiger partial charge in [-0.1, -0.05) is 56.1 Å². The summed E-state index contributed by atoms with van der Waals surface area (Å²) in [6.07, 6.45) is 3.09. The van der Waals surface area contributed by atoms with Crippen LogP contribution in [0.25, 0.3) is 0 Å². The molecule has 0 spiro atoms. The van der Waals surface area contributed by atoms with Crippen molar-refractivity contribution in [2.45, 2.75) is 0 Å². The predicted octanol–water partition coefficient (Wildman–Crippen LogP) is 3.88. The van der Waals surface area contributed by atoms with Crippen molar-refractivity contribution in [2.24, 2.45) is 10.2 Å². The van der Waals surface area contributed by atoms with Crippen LogP contribution in [0.5, 0.6) is 0 Å². The fourth-order valence-electron chi connectivity index (χ4n) is 1.45. The maximum Gasteiger partial charge on any atom is 0.355 e. The van der Waals surface area contributed by atoms with Crippen molar-refractivity contribution in [3.63, 3.8) is 0 Å². The Morgan fingerprint density at radius 3 is 1.50 bits per heavy atom. The molecule has 0 fully saturated rings. The number of nitrogens with one attached hydrogen (secondary N) is 2. The fraction of sp³-hybridized carbons (Fsp3) is 0. The van der Waals surface area contributed by atoms with Crippen LogP contribution in [0.3, 0.4) is 0 Å². The largest absolute Gasteiger partial charge is 0.355 e. The van der Waals surface area contributed by atoms with Gasteiger partial charge in [-0.15, -0.1) is 0 Å². The molecule has 22 heavy (non-hydrogen) atoms. The second-order valence-corrected chi connectivity index (χ2v) is 6.00. The molecule has 0 bridgehead atoms. The Morgan fingerprint density at radius 1 is 0.773 bits per heavy atom. The number of rotatable bonds is 4. The van der Waals surface area contributed by atoms with Crippen LogP contribution >= 0.6 is 31.9 Å². The maximum absolute atomic E-state index is 11.5. The molecule has 0 atom stereocenters. The van der Waals surface area contributed by atoms with Crippen LogP contribution < -0.4 is 10.9 Å². The number of halogens is 2. The second kappa shape index (κ2) is 8.45. The van der Waals surface area contributed by atoms with E-state index in [2.05, 4.69) is 52.9 Å². The van der Waals surface area contributed by atoms with Gasteiger partial charge >= 0.3 is 6.03 Å². The van der Waals surface area contributed by atoms with Gasteiger partial charge in [0, 0.05) is 8.95 Å². The molecule has 0 aromatic heterocycles. The highest BCUT2D eigenvalue weighted by atomic mass is 79.9. The van der Waals surface area contributed by atoms with E-state index in [-0.39, 0.29) is 0 Å². The molecule has 5 nitrogen and oxygen atoms in total. The number of urea groups is 1. The first-order chi connectivity index (χ1) is 10.6. The molecule has 0 aliphatic rings. The SMILES string of the molecule is O=C(N/N=C\c1ccc(Br)cc1)N/N=C/c1ccc(Br)cc1.